The number of thioether (sulfide) groups is 1. The van der Waals surface area contributed by atoms with Gasteiger partial charge in [0, 0.05) is 5.54 Å². The van der Waals surface area contributed by atoms with Gasteiger partial charge in [-0.1, -0.05) is 20.8 Å². The molecule has 0 bridgehead atoms. The van der Waals surface area contributed by atoms with Crippen LogP contribution in [0, 0.1) is 0 Å². The second kappa shape index (κ2) is 6.68. The van der Waals surface area contributed by atoms with Crippen molar-refractivity contribution in [3.05, 3.63) is 0 Å². The first-order valence-corrected chi connectivity index (χ1v) is 6.06. The highest BCUT2D eigenvalue weighted by Gasteiger charge is 2.21. The van der Waals surface area contributed by atoms with Crippen LogP contribution in [0.5, 0.6) is 0 Å². The Morgan fingerprint density at radius 3 is 2.46 bits per heavy atom. The van der Waals surface area contributed by atoms with Crippen molar-refractivity contribution in [2.24, 2.45) is 0 Å². The first-order chi connectivity index (χ1) is 6.04. The van der Waals surface area contributed by atoms with Crippen molar-refractivity contribution in [3.63, 3.8) is 0 Å². The van der Waals surface area contributed by atoms with E-state index in [2.05, 4.69) is 33.0 Å². The number of nitrogens with one attached hydrogen (secondary N) is 1. The van der Waals surface area contributed by atoms with Gasteiger partial charge in [0.25, 0.3) is 0 Å². The molecule has 0 aliphatic rings. The zero-order valence-electron chi connectivity index (χ0n) is 9.26. The van der Waals surface area contributed by atoms with Crippen LogP contribution in [0.3, 0.4) is 0 Å². The van der Waals surface area contributed by atoms with Gasteiger partial charge in [0.1, 0.15) is 0 Å². The lowest BCUT2D eigenvalue weighted by Gasteiger charge is -2.28. The van der Waals surface area contributed by atoms with E-state index in [1.807, 2.05) is 11.8 Å². The fraction of sp³-hybridized carbons (Fsp3) is 1.00. The Morgan fingerprint density at radius 2 is 2.08 bits per heavy atom. The first kappa shape index (κ1) is 13.3. The minimum Gasteiger partial charge on any atom is -0.394 e. The summed E-state index contributed by atoms with van der Waals surface area (Å²) in [6.07, 6.45) is 1.03. The van der Waals surface area contributed by atoms with Gasteiger partial charge in [-0.2, -0.15) is 11.8 Å². The van der Waals surface area contributed by atoms with Crippen molar-refractivity contribution in [2.75, 3.05) is 18.9 Å². The summed E-state index contributed by atoms with van der Waals surface area (Å²) in [6.45, 7) is 9.70. The van der Waals surface area contributed by atoms with Crippen LogP contribution < -0.4 is 5.32 Å². The molecule has 0 aromatic carbocycles. The number of rotatable bonds is 7. The maximum absolute atomic E-state index is 9.21. The topological polar surface area (TPSA) is 32.3 Å². The molecule has 0 rings (SSSR count). The van der Waals surface area contributed by atoms with Crippen molar-refractivity contribution < 1.29 is 5.11 Å². The van der Waals surface area contributed by atoms with Gasteiger partial charge in [-0.3, -0.25) is 0 Å². The standard InChI is InChI=1S/C10H23NOS/c1-5-11-10(4,8-12)6-7-13-9(2)3/h9,11-12H,5-8H2,1-4H3. The van der Waals surface area contributed by atoms with E-state index < -0.39 is 0 Å². The predicted octanol–water partition coefficient (Wildman–Crippen LogP) is 1.88. The van der Waals surface area contributed by atoms with Gasteiger partial charge >= 0.3 is 0 Å². The van der Waals surface area contributed by atoms with Crippen molar-refractivity contribution in [2.45, 2.75) is 44.9 Å². The molecule has 0 saturated heterocycles. The lowest BCUT2D eigenvalue weighted by atomic mass is 10.0. The quantitative estimate of drug-likeness (QED) is 0.665. The van der Waals surface area contributed by atoms with Crippen molar-refractivity contribution in [3.8, 4) is 0 Å². The van der Waals surface area contributed by atoms with Gasteiger partial charge in [-0.05, 0) is 30.9 Å². The predicted molar refractivity (Wildman–Crippen MR) is 61.4 cm³/mol. The summed E-state index contributed by atoms with van der Waals surface area (Å²) in [5.41, 5.74) is -0.0867. The molecule has 0 saturated carbocycles. The highest BCUT2D eigenvalue weighted by molar-refractivity contribution is 7.99. The van der Waals surface area contributed by atoms with Crippen LogP contribution in [0.25, 0.3) is 0 Å². The van der Waals surface area contributed by atoms with E-state index in [0.717, 1.165) is 18.7 Å². The van der Waals surface area contributed by atoms with Crippen LogP contribution in [0.15, 0.2) is 0 Å². The van der Waals surface area contributed by atoms with Gasteiger partial charge < -0.3 is 10.4 Å². The first-order valence-electron chi connectivity index (χ1n) is 5.01. The van der Waals surface area contributed by atoms with Gasteiger partial charge in [0.2, 0.25) is 0 Å². The summed E-state index contributed by atoms with van der Waals surface area (Å²) in [5.74, 6) is 1.11. The number of aliphatic hydroxyl groups is 1. The SMILES string of the molecule is CCNC(C)(CO)CCSC(C)C. The summed E-state index contributed by atoms with van der Waals surface area (Å²) in [5, 5.41) is 13.2. The molecule has 0 fully saturated rings. The molecule has 0 heterocycles. The third-order valence-corrected chi connectivity index (χ3v) is 3.16. The fourth-order valence-electron chi connectivity index (χ4n) is 1.17. The number of aliphatic hydroxyl groups excluding tert-OH is 1. The van der Waals surface area contributed by atoms with Crippen LogP contribution in [0.4, 0.5) is 0 Å². The molecule has 0 aromatic rings. The number of hydrogen-bond donors (Lipinski definition) is 2. The molecule has 0 spiro atoms. The second-order valence-electron chi connectivity index (χ2n) is 3.92. The monoisotopic (exact) mass is 205 g/mol. The Balaban J connectivity index is 3.69. The average Bonchev–Trinajstić information content (AvgIpc) is 2.04. The molecule has 1 atom stereocenters. The minimum atomic E-state index is -0.0867. The summed E-state index contributed by atoms with van der Waals surface area (Å²) in [7, 11) is 0. The summed E-state index contributed by atoms with van der Waals surface area (Å²) in [6, 6.07) is 0. The minimum absolute atomic E-state index is 0.0867. The summed E-state index contributed by atoms with van der Waals surface area (Å²) >= 11 is 1.95. The van der Waals surface area contributed by atoms with Crippen molar-refractivity contribution in [1.82, 2.24) is 5.32 Å². The zero-order chi connectivity index (χ0) is 10.3. The smallest absolute Gasteiger partial charge is 0.0610 e. The van der Waals surface area contributed by atoms with Crippen LogP contribution in [0.1, 0.15) is 34.1 Å². The molecule has 2 nitrogen and oxygen atoms in total. The molecule has 0 aliphatic carbocycles. The Kier molecular flexibility index (Phi) is 6.82. The van der Waals surface area contributed by atoms with Crippen molar-refractivity contribution >= 4 is 11.8 Å². The molecular weight excluding hydrogens is 182 g/mol. The lowest BCUT2D eigenvalue weighted by Crippen LogP contribution is -2.46. The van der Waals surface area contributed by atoms with Crippen LogP contribution in [0.2, 0.25) is 0 Å². The highest BCUT2D eigenvalue weighted by atomic mass is 32.2. The summed E-state index contributed by atoms with van der Waals surface area (Å²) < 4.78 is 0. The van der Waals surface area contributed by atoms with Gasteiger partial charge in [-0.15, -0.1) is 0 Å². The maximum Gasteiger partial charge on any atom is 0.0610 e. The number of hydrogen-bond acceptors (Lipinski definition) is 3. The van der Waals surface area contributed by atoms with Gasteiger partial charge in [0.05, 0.1) is 6.61 Å². The average molecular weight is 205 g/mol. The molecule has 0 amide bonds. The Morgan fingerprint density at radius 1 is 1.46 bits per heavy atom. The maximum atomic E-state index is 9.21. The van der Waals surface area contributed by atoms with Gasteiger partial charge in [0.15, 0.2) is 0 Å². The van der Waals surface area contributed by atoms with E-state index in [1.54, 1.807) is 0 Å². The highest BCUT2D eigenvalue weighted by Crippen LogP contribution is 2.16. The Bertz CT molecular complexity index is 130. The third-order valence-electron chi connectivity index (χ3n) is 2.06. The second-order valence-corrected chi connectivity index (χ2v) is 5.60. The largest absolute Gasteiger partial charge is 0.394 e. The van der Waals surface area contributed by atoms with Crippen molar-refractivity contribution in [1.29, 1.82) is 0 Å². The normalized spacial score (nSPS) is 16.2. The van der Waals surface area contributed by atoms with E-state index in [-0.39, 0.29) is 12.1 Å². The molecule has 1 unspecified atom stereocenters. The molecule has 0 aromatic heterocycles. The van der Waals surface area contributed by atoms with E-state index in [4.69, 9.17) is 0 Å². The molecule has 2 N–H and O–H groups in total. The molecule has 3 heteroatoms. The van der Waals surface area contributed by atoms with Crippen LogP contribution in [-0.2, 0) is 0 Å². The fourth-order valence-corrected chi connectivity index (χ4v) is 2.21. The summed E-state index contributed by atoms with van der Waals surface area (Å²) in [4.78, 5) is 0. The number of likely N-dealkylation sites (N-methyl/N-ethyl adjacent to an activating group) is 1. The third kappa shape index (κ3) is 6.36. The zero-order valence-corrected chi connectivity index (χ0v) is 10.1. The van der Waals surface area contributed by atoms with Gasteiger partial charge in [-0.25, -0.2) is 0 Å². The Labute approximate surface area is 86.5 Å². The van der Waals surface area contributed by atoms with E-state index in [0.29, 0.717) is 5.25 Å². The molecule has 0 radical (unpaired) electrons. The van der Waals surface area contributed by atoms with Crippen LogP contribution >= 0.6 is 11.8 Å². The molecule has 80 valence electrons. The van der Waals surface area contributed by atoms with Crippen LogP contribution in [-0.4, -0.2) is 34.8 Å². The molecular formula is C10H23NOS. The lowest BCUT2D eigenvalue weighted by molar-refractivity contribution is 0.173. The molecule has 0 aliphatic heterocycles. The Hall–Kier alpha value is 0.270. The molecule has 13 heavy (non-hydrogen) atoms. The van der Waals surface area contributed by atoms with E-state index in [1.165, 1.54) is 0 Å². The van der Waals surface area contributed by atoms with E-state index in [9.17, 15) is 5.11 Å². The van der Waals surface area contributed by atoms with E-state index >= 15 is 0 Å².